The Balaban J connectivity index is 0. The molecule has 0 aliphatic heterocycles. The van der Waals surface area contributed by atoms with Crippen LogP contribution in [0.15, 0.2) is 0 Å². The van der Waals surface area contributed by atoms with Crippen molar-refractivity contribution in [3.05, 3.63) is 10.1 Å². The summed E-state index contributed by atoms with van der Waals surface area (Å²) in [6, 6.07) is 0. The predicted molar refractivity (Wildman–Crippen MR) is 22.5 cm³/mol. The van der Waals surface area contributed by atoms with Crippen molar-refractivity contribution >= 4 is 63.5 Å². The second-order valence-corrected chi connectivity index (χ2v) is 0.767. The second-order valence-electron chi connectivity index (χ2n) is 0.305. The molecular weight excluding hydrogens is 131 g/mol. The third-order valence-electron chi connectivity index (χ3n) is 0.0667. The van der Waals surface area contributed by atoms with Crippen molar-refractivity contribution in [1.29, 1.82) is 0 Å². The summed E-state index contributed by atoms with van der Waals surface area (Å²) in [5, 5.41) is 16.2. The van der Waals surface area contributed by atoms with E-state index in [0.29, 0.717) is 0 Å². The monoisotopic (exact) mass is 131 g/mol. The van der Waals surface area contributed by atoms with Crippen LogP contribution in [0, 0.1) is 10.1 Å². The van der Waals surface area contributed by atoms with Gasteiger partial charge < -0.3 is 0 Å². The molecular formula is KN2O2S. The second kappa shape index (κ2) is 6.35. The first-order chi connectivity index (χ1) is 2.27. The van der Waals surface area contributed by atoms with Crippen LogP contribution < -0.4 is 5.14 Å². The molecule has 0 aliphatic carbocycles. The molecule has 0 unspecified atom stereocenters. The van der Waals surface area contributed by atoms with Gasteiger partial charge in [0.05, 0.1) is 0 Å². The number of hydrogen-bond donors (Lipinski definition) is 0. The Hall–Kier alpha value is 1.35. The summed E-state index contributed by atoms with van der Waals surface area (Å²) in [4.78, 5) is 8.89. The molecule has 0 rings (SSSR count). The molecule has 0 saturated heterocycles. The third-order valence-corrected chi connectivity index (χ3v) is 0.200. The van der Waals surface area contributed by atoms with Gasteiger partial charge in [0.15, 0.2) is 0 Å². The zero-order valence-electron chi connectivity index (χ0n) is 3.12. The molecule has 4 nitrogen and oxygen atoms in total. The van der Waals surface area contributed by atoms with Gasteiger partial charge in [0, 0.05) is 56.5 Å². The Morgan fingerprint density at radius 3 is 2.00 bits per heavy atom. The zero-order chi connectivity index (χ0) is 4.28. The van der Waals surface area contributed by atoms with E-state index in [1.54, 1.807) is 0 Å². The van der Waals surface area contributed by atoms with Crippen LogP contribution in [-0.2, 0) is 0 Å². The summed E-state index contributed by atoms with van der Waals surface area (Å²) in [5.74, 6) is 0. The molecule has 0 amide bonds. The molecule has 0 saturated carbocycles. The number of hydrogen-bond acceptors (Lipinski definition) is 3. The van der Waals surface area contributed by atoms with Gasteiger partial charge in [-0.2, -0.15) is 0 Å². The smallest absolute Gasteiger partial charge is 0.249 e. The van der Waals surface area contributed by atoms with E-state index in [2.05, 4.69) is 0 Å². The van der Waals surface area contributed by atoms with Crippen molar-refractivity contribution in [2.24, 2.45) is 0 Å². The van der Waals surface area contributed by atoms with Crippen molar-refractivity contribution in [2.45, 2.75) is 0 Å². The Morgan fingerprint density at radius 2 is 2.00 bits per heavy atom. The topological polar surface area (TPSA) is 65.4 Å². The maximum atomic E-state index is 8.89. The SMILES string of the molecule is [K].[N]S[N+](=O)[O-]. The molecule has 0 aromatic heterocycles. The van der Waals surface area contributed by atoms with Crippen molar-refractivity contribution in [3.8, 4) is 0 Å². The van der Waals surface area contributed by atoms with Gasteiger partial charge >= 0.3 is 12.1 Å². The Bertz CT molecular complexity index is 46.8. The Kier molecular flexibility index (Phi) is 10.9. The number of rotatable bonds is 1. The van der Waals surface area contributed by atoms with Gasteiger partial charge in [0.25, 0.3) is 0 Å². The van der Waals surface area contributed by atoms with Gasteiger partial charge in [-0.1, -0.05) is 0 Å². The molecule has 0 bridgehead atoms. The fraction of sp³-hybridized carbons (Fsp3) is 0. The Morgan fingerprint density at radius 1 is 1.83 bits per heavy atom. The van der Waals surface area contributed by atoms with Crippen LogP contribution in [0.5, 0.6) is 0 Å². The normalized spacial score (nSPS) is 6.17. The van der Waals surface area contributed by atoms with E-state index in [1.807, 2.05) is 0 Å². The van der Waals surface area contributed by atoms with E-state index < -0.39 is 16.5 Å². The third kappa shape index (κ3) is 9.02. The first-order valence-electron chi connectivity index (χ1n) is 0.730. The maximum absolute atomic E-state index is 8.89. The number of nitrogens with zero attached hydrogens (tertiary/aromatic N) is 2. The first-order valence-corrected chi connectivity index (χ1v) is 1.46. The summed E-state index contributed by atoms with van der Waals surface area (Å²) in [6.45, 7) is 0. The first kappa shape index (κ1) is 10.4. The van der Waals surface area contributed by atoms with Crippen LogP contribution in [0.25, 0.3) is 0 Å². The summed E-state index contributed by atoms with van der Waals surface area (Å²) in [7, 11) is 0. The van der Waals surface area contributed by atoms with Gasteiger partial charge in [-0.15, -0.1) is 0 Å². The van der Waals surface area contributed by atoms with E-state index in [1.165, 1.54) is 0 Å². The average molecular weight is 131 g/mol. The summed E-state index contributed by atoms with van der Waals surface area (Å²) in [5.41, 5.74) is 0. The van der Waals surface area contributed by atoms with E-state index >= 15 is 0 Å². The molecule has 0 fully saturated rings. The minimum absolute atomic E-state index is 0. The quantitative estimate of drug-likeness (QED) is 0.209. The summed E-state index contributed by atoms with van der Waals surface area (Å²) < 4.78 is -0.903. The molecule has 0 N–H and O–H groups in total. The van der Waals surface area contributed by atoms with Crippen LogP contribution in [-0.4, -0.2) is 55.7 Å². The standard InChI is InChI=1S/K.N2O2S/c;1-5-2(3)4. The van der Waals surface area contributed by atoms with Gasteiger partial charge in [0.1, 0.15) is 4.33 Å². The molecule has 0 aromatic carbocycles. The number of nitro groups is 1. The van der Waals surface area contributed by atoms with Crippen LogP contribution >= 0.6 is 12.1 Å². The van der Waals surface area contributed by atoms with Crippen molar-refractivity contribution in [3.63, 3.8) is 0 Å². The molecule has 6 heavy (non-hydrogen) atoms. The van der Waals surface area contributed by atoms with E-state index in [9.17, 15) is 0 Å². The minimum Gasteiger partial charge on any atom is -0.249 e. The maximum Gasteiger partial charge on any atom is 0.360 e. The van der Waals surface area contributed by atoms with Gasteiger partial charge in [0.2, 0.25) is 0 Å². The molecule has 3 radical (unpaired) electrons. The fourth-order valence-electron chi connectivity index (χ4n) is 0. The largest absolute Gasteiger partial charge is 0.360 e. The molecule has 0 atom stereocenters. The fourth-order valence-corrected chi connectivity index (χ4v) is 0. The predicted octanol–water partition coefficient (Wildman–Crippen LogP) is -0.486. The van der Waals surface area contributed by atoms with E-state index in [0.717, 1.165) is 0 Å². The molecule has 6 heteroatoms. The molecule has 0 aromatic rings. The van der Waals surface area contributed by atoms with Crippen molar-refractivity contribution in [1.82, 2.24) is 5.14 Å². The van der Waals surface area contributed by atoms with Gasteiger partial charge in [-0.25, -0.2) is 10.1 Å². The molecule has 0 heterocycles. The van der Waals surface area contributed by atoms with E-state index in [4.69, 9.17) is 15.3 Å². The van der Waals surface area contributed by atoms with Crippen LogP contribution in [0.1, 0.15) is 0 Å². The Labute approximate surface area is 81.7 Å². The van der Waals surface area contributed by atoms with Crippen molar-refractivity contribution in [2.75, 3.05) is 0 Å². The van der Waals surface area contributed by atoms with Crippen LogP contribution in [0.4, 0.5) is 0 Å². The zero-order valence-corrected chi connectivity index (χ0v) is 7.06. The molecule has 29 valence electrons. The van der Waals surface area contributed by atoms with E-state index in [-0.39, 0.29) is 51.4 Å². The summed E-state index contributed by atoms with van der Waals surface area (Å²) in [6.07, 6.45) is 0. The average Bonchev–Trinajstić information content (AvgIpc) is 1.38. The molecule has 0 aliphatic rings. The van der Waals surface area contributed by atoms with Gasteiger partial charge in [-0.05, 0) is 0 Å². The molecule has 0 spiro atoms. The van der Waals surface area contributed by atoms with Crippen molar-refractivity contribution < 1.29 is 4.33 Å². The van der Waals surface area contributed by atoms with Gasteiger partial charge in [-0.3, -0.25) is 0 Å². The minimum atomic E-state index is -0.903. The summed E-state index contributed by atoms with van der Waals surface area (Å²) >= 11 is -0.398. The van der Waals surface area contributed by atoms with Crippen LogP contribution in [0.3, 0.4) is 0 Å². The van der Waals surface area contributed by atoms with Crippen LogP contribution in [0.2, 0.25) is 0 Å².